The number of nitrogens with one attached hydrogen (secondary N) is 1. The van der Waals surface area contributed by atoms with Crippen LogP contribution in [-0.4, -0.2) is 70.0 Å². The van der Waals surface area contributed by atoms with Crippen molar-refractivity contribution in [3.63, 3.8) is 0 Å². The molecule has 0 radical (unpaired) electrons. The maximum Gasteiger partial charge on any atom is 0.251 e. The number of carbonyl (C=O) groups is 1. The van der Waals surface area contributed by atoms with Gasteiger partial charge in [-0.2, -0.15) is 4.31 Å². The minimum absolute atomic E-state index is 0.119. The maximum atomic E-state index is 13.0. The van der Waals surface area contributed by atoms with Crippen LogP contribution in [0.4, 0.5) is 0 Å². The number of fused-ring (bicyclic) bond motifs is 1. The highest BCUT2D eigenvalue weighted by Crippen LogP contribution is 2.38. The lowest BCUT2D eigenvalue weighted by molar-refractivity contribution is 0.0950. The molecule has 1 saturated heterocycles. The average Bonchev–Trinajstić information content (AvgIpc) is 3.04. The monoisotopic (exact) mass is 479 g/mol. The summed E-state index contributed by atoms with van der Waals surface area (Å²) in [4.78, 5) is 14.9. The van der Waals surface area contributed by atoms with E-state index in [-0.39, 0.29) is 22.9 Å². The zero-order valence-corrected chi connectivity index (χ0v) is 19.4. The Morgan fingerprint density at radius 3 is 2.62 bits per heavy atom. The van der Waals surface area contributed by atoms with Crippen LogP contribution in [0.2, 0.25) is 5.02 Å². The summed E-state index contributed by atoms with van der Waals surface area (Å²) in [6.07, 6.45) is 0.768. The Bertz CT molecular complexity index is 1100. The molecule has 8 nitrogen and oxygen atoms in total. The van der Waals surface area contributed by atoms with E-state index >= 15 is 0 Å². The number of nitrogens with zero attached hydrogens (tertiary/aromatic N) is 2. The molecule has 32 heavy (non-hydrogen) atoms. The van der Waals surface area contributed by atoms with E-state index in [1.165, 1.54) is 16.4 Å². The summed E-state index contributed by atoms with van der Waals surface area (Å²) in [6.45, 7) is 3.50. The normalized spacial score (nSPS) is 17.6. The number of benzene rings is 2. The number of ether oxygens (including phenoxy) is 2. The van der Waals surface area contributed by atoms with Gasteiger partial charge in [-0.3, -0.25) is 4.79 Å². The van der Waals surface area contributed by atoms with Crippen LogP contribution in [0.15, 0.2) is 41.3 Å². The van der Waals surface area contributed by atoms with E-state index in [1.807, 2.05) is 7.05 Å². The van der Waals surface area contributed by atoms with Gasteiger partial charge in [0.05, 0.1) is 23.1 Å². The first-order valence-electron chi connectivity index (χ1n) is 10.5. The van der Waals surface area contributed by atoms with Crippen LogP contribution in [0.25, 0.3) is 0 Å². The second kappa shape index (κ2) is 9.66. The molecule has 2 aliphatic heterocycles. The first-order valence-corrected chi connectivity index (χ1v) is 12.3. The number of hydrogen-bond acceptors (Lipinski definition) is 6. The van der Waals surface area contributed by atoms with Crippen LogP contribution in [0.3, 0.4) is 0 Å². The lowest BCUT2D eigenvalue weighted by Gasteiger charge is -2.31. The second-order valence-corrected chi connectivity index (χ2v) is 10.2. The van der Waals surface area contributed by atoms with E-state index in [0.29, 0.717) is 55.9 Å². The van der Waals surface area contributed by atoms with Crippen LogP contribution >= 0.6 is 11.6 Å². The minimum atomic E-state index is -3.65. The molecule has 10 heteroatoms. The molecule has 0 unspecified atom stereocenters. The molecule has 0 spiro atoms. The fourth-order valence-corrected chi connectivity index (χ4v) is 5.40. The molecule has 0 atom stereocenters. The van der Waals surface area contributed by atoms with Gasteiger partial charge < -0.3 is 19.7 Å². The predicted octanol–water partition coefficient (Wildman–Crippen LogP) is 2.37. The Kier molecular flexibility index (Phi) is 6.90. The van der Waals surface area contributed by atoms with Crippen LogP contribution in [0.1, 0.15) is 22.3 Å². The Morgan fingerprint density at radius 2 is 1.84 bits per heavy atom. The summed E-state index contributed by atoms with van der Waals surface area (Å²) in [5.74, 6) is 0.698. The average molecular weight is 480 g/mol. The number of rotatable bonds is 5. The van der Waals surface area contributed by atoms with Gasteiger partial charge in [0.25, 0.3) is 5.91 Å². The van der Waals surface area contributed by atoms with Crippen molar-refractivity contribution in [1.82, 2.24) is 14.5 Å². The van der Waals surface area contributed by atoms with Gasteiger partial charge in [0.15, 0.2) is 11.5 Å². The lowest BCUT2D eigenvalue weighted by atomic mass is 10.1. The lowest BCUT2D eigenvalue weighted by Crippen LogP contribution is -2.47. The third-order valence-electron chi connectivity index (χ3n) is 5.51. The second-order valence-electron chi connectivity index (χ2n) is 7.87. The molecule has 2 aromatic rings. The van der Waals surface area contributed by atoms with Gasteiger partial charge in [0.2, 0.25) is 10.0 Å². The molecule has 0 aromatic heterocycles. The third kappa shape index (κ3) is 5.01. The minimum Gasteiger partial charge on any atom is -0.489 e. The molecular formula is C22H26ClN3O5S. The fourth-order valence-electron chi connectivity index (χ4n) is 3.65. The Morgan fingerprint density at radius 1 is 1.09 bits per heavy atom. The molecule has 4 rings (SSSR count). The van der Waals surface area contributed by atoms with Crippen molar-refractivity contribution in [1.29, 1.82) is 0 Å². The van der Waals surface area contributed by atoms with Gasteiger partial charge in [-0.15, -0.1) is 0 Å². The van der Waals surface area contributed by atoms with E-state index in [2.05, 4.69) is 10.2 Å². The molecule has 2 aliphatic rings. The van der Waals surface area contributed by atoms with Crippen LogP contribution in [0, 0.1) is 0 Å². The van der Waals surface area contributed by atoms with Crippen molar-refractivity contribution >= 4 is 27.5 Å². The SMILES string of the molecule is CN1CCN(S(=O)(=O)c2cccc(C(=O)NCc3cc(Cl)c4c(c3)OCCCO4)c2)CC1. The topological polar surface area (TPSA) is 88.2 Å². The van der Waals surface area contributed by atoms with Crippen molar-refractivity contribution in [3.8, 4) is 11.5 Å². The van der Waals surface area contributed by atoms with Crippen molar-refractivity contribution in [2.24, 2.45) is 0 Å². The standard InChI is InChI=1S/C22H26ClN3O5S/c1-25-6-8-26(9-7-25)32(28,29)18-5-2-4-17(14-18)22(27)24-15-16-12-19(23)21-20(13-16)30-10-3-11-31-21/h2,4-5,12-14H,3,6-11,15H2,1H3,(H,24,27). The summed E-state index contributed by atoms with van der Waals surface area (Å²) in [5.41, 5.74) is 1.04. The zero-order valence-electron chi connectivity index (χ0n) is 17.8. The molecule has 1 N–H and O–H groups in total. The number of halogens is 1. The highest BCUT2D eigenvalue weighted by molar-refractivity contribution is 7.89. The molecule has 0 saturated carbocycles. The molecular weight excluding hydrogens is 454 g/mol. The molecule has 1 amide bonds. The van der Waals surface area contributed by atoms with E-state index < -0.39 is 10.0 Å². The Hall–Kier alpha value is -2.33. The largest absolute Gasteiger partial charge is 0.489 e. The number of likely N-dealkylation sites (N-methyl/N-ethyl adjacent to an activating group) is 1. The fraction of sp³-hybridized carbons (Fsp3) is 0.409. The highest BCUT2D eigenvalue weighted by atomic mass is 35.5. The number of sulfonamides is 1. The summed E-state index contributed by atoms with van der Waals surface area (Å²) in [6, 6.07) is 9.64. The first kappa shape index (κ1) is 22.8. The Labute approximate surface area is 193 Å². The maximum absolute atomic E-state index is 13.0. The van der Waals surface area contributed by atoms with Gasteiger partial charge in [-0.1, -0.05) is 17.7 Å². The van der Waals surface area contributed by atoms with E-state index in [9.17, 15) is 13.2 Å². The summed E-state index contributed by atoms with van der Waals surface area (Å²) in [7, 11) is -1.69. The molecule has 0 aliphatic carbocycles. The van der Waals surface area contributed by atoms with Gasteiger partial charge >= 0.3 is 0 Å². The smallest absolute Gasteiger partial charge is 0.251 e. The summed E-state index contributed by atoms with van der Waals surface area (Å²) in [5, 5.41) is 3.24. The van der Waals surface area contributed by atoms with Gasteiger partial charge in [-0.05, 0) is 42.9 Å². The van der Waals surface area contributed by atoms with Crippen molar-refractivity contribution < 1.29 is 22.7 Å². The van der Waals surface area contributed by atoms with E-state index in [4.69, 9.17) is 21.1 Å². The number of amides is 1. The third-order valence-corrected chi connectivity index (χ3v) is 7.69. The van der Waals surface area contributed by atoms with E-state index in [0.717, 1.165) is 12.0 Å². The van der Waals surface area contributed by atoms with Crippen LogP contribution in [-0.2, 0) is 16.6 Å². The predicted molar refractivity (Wildman–Crippen MR) is 121 cm³/mol. The number of carbonyl (C=O) groups excluding carboxylic acids is 1. The summed E-state index contributed by atoms with van der Waals surface area (Å²) >= 11 is 6.31. The van der Waals surface area contributed by atoms with Gasteiger partial charge in [0.1, 0.15) is 0 Å². The highest BCUT2D eigenvalue weighted by Gasteiger charge is 2.28. The first-order chi connectivity index (χ1) is 15.3. The van der Waals surface area contributed by atoms with Crippen molar-refractivity contribution in [3.05, 3.63) is 52.5 Å². The van der Waals surface area contributed by atoms with E-state index in [1.54, 1.807) is 24.3 Å². The van der Waals surface area contributed by atoms with Gasteiger partial charge in [-0.25, -0.2) is 8.42 Å². The number of piperazine rings is 1. The van der Waals surface area contributed by atoms with Crippen molar-refractivity contribution in [2.45, 2.75) is 17.9 Å². The Balaban J connectivity index is 1.46. The molecule has 172 valence electrons. The summed E-state index contributed by atoms with van der Waals surface area (Å²) < 4.78 is 38.7. The van der Waals surface area contributed by atoms with Crippen LogP contribution in [0.5, 0.6) is 11.5 Å². The number of hydrogen-bond donors (Lipinski definition) is 1. The molecule has 1 fully saturated rings. The van der Waals surface area contributed by atoms with Crippen molar-refractivity contribution in [2.75, 3.05) is 46.4 Å². The quantitative estimate of drug-likeness (QED) is 0.708. The molecule has 2 heterocycles. The molecule has 0 bridgehead atoms. The van der Waals surface area contributed by atoms with Gasteiger partial charge in [0, 0.05) is 44.7 Å². The van der Waals surface area contributed by atoms with Crippen LogP contribution < -0.4 is 14.8 Å². The molecule has 2 aromatic carbocycles. The zero-order chi connectivity index (χ0) is 22.7.